The molecule has 0 aliphatic carbocycles. The minimum atomic E-state index is -0.631. The van der Waals surface area contributed by atoms with Crippen molar-refractivity contribution in [2.75, 3.05) is 13.6 Å². The van der Waals surface area contributed by atoms with Crippen LogP contribution in [0.15, 0.2) is 18.2 Å². The molecule has 1 aromatic carbocycles. The van der Waals surface area contributed by atoms with Crippen LogP contribution in [0.2, 0.25) is 0 Å². The summed E-state index contributed by atoms with van der Waals surface area (Å²) in [6.45, 7) is 4.18. The van der Waals surface area contributed by atoms with Gasteiger partial charge in [-0.1, -0.05) is 19.9 Å². The highest BCUT2D eigenvalue weighted by atomic mass is 19.1. The van der Waals surface area contributed by atoms with Gasteiger partial charge in [-0.15, -0.1) is 0 Å². The number of amides is 1. The van der Waals surface area contributed by atoms with Crippen LogP contribution in [0.5, 0.6) is 0 Å². The van der Waals surface area contributed by atoms with Gasteiger partial charge in [-0.2, -0.15) is 0 Å². The minimum absolute atomic E-state index is 0.148. The average molecular weight is 270 g/mol. The fourth-order valence-electron chi connectivity index (χ4n) is 1.90. The standard InChI is InChI=1S/C14H20F2N2O/c1-4-13(18-14(19)9(2)8-17-3)11-6-5-10(15)7-12(11)16/h5-7,9,13,17H,4,8H2,1-3H3,(H,18,19). The topological polar surface area (TPSA) is 41.1 Å². The third kappa shape index (κ3) is 4.28. The lowest BCUT2D eigenvalue weighted by Gasteiger charge is -2.20. The Kier molecular flexibility index (Phi) is 5.89. The van der Waals surface area contributed by atoms with E-state index in [4.69, 9.17) is 0 Å². The summed E-state index contributed by atoms with van der Waals surface area (Å²) in [6, 6.07) is 2.97. The molecular weight excluding hydrogens is 250 g/mol. The van der Waals surface area contributed by atoms with E-state index in [1.165, 1.54) is 12.1 Å². The van der Waals surface area contributed by atoms with Crippen molar-refractivity contribution in [3.05, 3.63) is 35.4 Å². The van der Waals surface area contributed by atoms with Crippen molar-refractivity contribution >= 4 is 5.91 Å². The summed E-state index contributed by atoms with van der Waals surface area (Å²) in [7, 11) is 1.76. The summed E-state index contributed by atoms with van der Waals surface area (Å²) in [6.07, 6.45) is 0.542. The van der Waals surface area contributed by atoms with Crippen LogP contribution >= 0.6 is 0 Å². The molecule has 19 heavy (non-hydrogen) atoms. The van der Waals surface area contributed by atoms with Crippen molar-refractivity contribution in [3.63, 3.8) is 0 Å². The van der Waals surface area contributed by atoms with Crippen molar-refractivity contribution in [3.8, 4) is 0 Å². The third-order valence-electron chi connectivity index (χ3n) is 3.02. The van der Waals surface area contributed by atoms with Gasteiger partial charge in [0.25, 0.3) is 0 Å². The highest BCUT2D eigenvalue weighted by Gasteiger charge is 2.19. The maximum Gasteiger partial charge on any atom is 0.224 e. The van der Waals surface area contributed by atoms with Gasteiger partial charge in [-0.05, 0) is 19.5 Å². The van der Waals surface area contributed by atoms with Gasteiger partial charge in [0.1, 0.15) is 11.6 Å². The zero-order valence-corrected chi connectivity index (χ0v) is 11.5. The Balaban J connectivity index is 2.80. The highest BCUT2D eigenvalue weighted by Crippen LogP contribution is 2.21. The Hall–Kier alpha value is -1.49. The fraction of sp³-hybridized carbons (Fsp3) is 0.500. The summed E-state index contributed by atoms with van der Waals surface area (Å²) < 4.78 is 26.6. The molecule has 0 heterocycles. The second-order valence-corrected chi connectivity index (χ2v) is 4.59. The zero-order valence-electron chi connectivity index (χ0n) is 11.5. The first-order valence-corrected chi connectivity index (χ1v) is 6.39. The molecule has 0 spiro atoms. The average Bonchev–Trinajstić information content (AvgIpc) is 2.36. The minimum Gasteiger partial charge on any atom is -0.349 e. The summed E-state index contributed by atoms with van der Waals surface area (Å²) in [5, 5.41) is 5.70. The molecule has 0 saturated carbocycles. The molecule has 2 atom stereocenters. The van der Waals surface area contributed by atoms with Gasteiger partial charge in [0.2, 0.25) is 5.91 Å². The number of hydrogen-bond acceptors (Lipinski definition) is 2. The van der Waals surface area contributed by atoms with Gasteiger partial charge >= 0.3 is 0 Å². The molecule has 0 saturated heterocycles. The molecule has 0 aromatic heterocycles. The molecule has 1 rings (SSSR count). The van der Waals surface area contributed by atoms with E-state index in [0.29, 0.717) is 18.5 Å². The number of halogens is 2. The number of rotatable bonds is 6. The van der Waals surface area contributed by atoms with E-state index >= 15 is 0 Å². The molecule has 2 unspecified atom stereocenters. The Morgan fingerprint density at radius 3 is 2.58 bits per heavy atom. The molecule has 2 N–H and O–H groups in total. The number of hydrogen-bond donors (Lipinski definition) is 2. The van der Waals surface area contributed by atoms with Crippen LogP contribution in [0.25, 0.3) is 0 Å². The Labute approximate surface area is 112 Å². The fourth-order valence-corrected chi connectivity index (χ4v) is 1.90. The molecule has 5 heteroatoms. The van der Waals surface area contributed by atoms with Gasteiger partial charge in [0, 0.05) is 24.1 Å². The first kappa shape index (κ1) is 15.6. The largest absolute Gasteiger partial charge is 0.349 e. The Morgan fingerprint density at radius 2 is 2.05 bits per heavy atom. The van der Waals surface area contributed by atoms with Crippen molar-refractivity contribution in [1.82, 2.24) is 10.6 Å². The highest BCUT2D eigenvalue weighted by molar-refractivity contribution is 5.79. The molecule has 0 bridgehead atoms. The predicted molar refractivity (Wildman–Crippen MR) is 70.6 cm³/mol. The van der Waals surface area contributed by atoms with E-state index in [1.54, 1.807) is 14.0 Å². The van der Waals surface area contributed by atoms with Gasteiger partial charge in [0.15, 0.2) is 0 Å². The van der Waals surface area contributed by atoms with Crippen molar-refractivity contribution < 1.29 is 13.6 Å². The van der Waals surface area contributed by atoms with Crippen LogP contribution in [-0.4, -0.2) is 19.5 Å². The monoisotopic (exact) mass is 270 g/mol. The van der Waals surface area contributed by atoms with Crippen molar-refractivity contribution in [1.29, 1.82) is 0 Å². The van der Waals surface area contributed by atoms with Gasteiger partial charge in [-0.25, -0.2) is 8.78 Å². The summed E-state index contributed by atoms with van der Waals surface area (Å²) in [4.78, 5) is 11.9. The number of carbonyl (C=O) groups is 1. The smallest absolute Gasteiger partial charge is 0.224 e. The van der Waals surface area contributed by atoms with E-state index in [-0.39, 0.29) is 11.8 Å². The molecule has 1 amide bonds. The van der Waals surface area contributed by atoms with E-state index < -0.39 is 17.7 Å². The van der Waals surface area contributed by atoms with E-state index in [1.807, 2.05) is 6.92 Å². The summed E-state index contributed by atoms with van der Waals surface area (Å²) in [5.41, 5.74) is 0.314. The second-order valence-electron chi connectivity index (χ2n) is 4.59. The molecule has 106 valence electrons. The number of nitrogens with one attached hydrogen (secondary N) is 2. The lowest BCUT2D eigenvalue weighted by molar-refractivity contribution is -0.125. The Bertz CT molecular complexity index is 437. The molecule has 1 aromatic rings. The Morgan fingerprint density at radius 1 is 1.37 bits per heavy atom. The van der Waals surface area contributed by atoms with Gasteiger partial charge in [-0.3, -0.25) is 4.79 Å². The van der Waals surface area contributed by atoms with Crippen LogP contribution in [0.3, 0.4) is 0 Å². The number of carbonyl (C=O) groups excluding carboxylic acids is 1. The predicted octanol–water partition coefficient (Wildman–Crippen LogP) is 2.39. The van der Waals surface area contributed by atoms with E-state index in [2.05, 4.69) is 10.6 Å². The summed E-state index contributed by atoms with van der Waals surface area (Å²) in [5.74, 6) is -1.60. The molecule has 0 aliphatic rings. The van der Waals surface area contributed by atoms with Crippen LogP contribution in [0.1, 0.15) is 31.9 Å². The van der Waals surface area contributed by atoms with Crippen LogP contribution in [0.4, 0.5) is 8.78 Å². The number of benzene rings is 1. The van der Waals surface area contributed by atoms with Gasteiger partial charge in [0.05, 0.1) is 6.04 Å². The first-order valence-electron chi connectivity index (χ1n) is 6.39. The first-order chi connectivity index (χ1) is 8.99. The molecule has 0 radical (unpaired) electrons. The van der Waals surface area contributed by atoms with Crippen LogP contribution < -0.4 is 10.6 Å². The maximum atomic E-state index is 13.7. The quantitative estimate of drug-likeness (QED) is 0.833. The van der Waals surface area contributed by atoms with Crippen LogP contribution in [0, 0.1) is 17.6 Å². The zero-order chi connectivity index (χ0) is 14.4. The molecule has 0 fully saturated rings. The SMILES string of the molecule is CCC(NC(=O)C(C)CNC)c1ccc(F)cc1F. The van der Waals surface area contributed by atoms with Gasteiger partial charge < -0.3 is 10.6 Å². The van der Waals surface area contributed by atoms with E-state index in [9.17, 15) is 13.6 Å². The lowest BCUT2D eigenvalue weighted by atomic mass is 10.0. The second kappa shape index (κ2) is 7.19. The lowest BCUT2D eigenvalue weighted by Crippen LogP contribution is -2.36. The molecule has 3 nitrogen and oxygen atoms in total. The van der Waals surface area contributed by atoms with E-state index in [0.717, 1.165) is 6.07 Å². The van der Waals surface area contributed by atoms with Crippen molar-refractivity contribution in [2.45, 2.75) is 26.3 Å². The van der Waals surface area contributed by atoms with Crippen molar-refractivity contribution in [2.24, 2.45) is 5.92 Å². The molecule has 0 aliphatic heterocycles. The third-order valence-corrected chi connectivity index (χ3v) is 3.02. The van der Waals surface area contributed by atoms with Crippen LogP contribution in [-0.2, 0) is 4.79 Å². The maximum absolute atomic E-state index is 13.7. The summed E-state index contributed by atoms with van der Waals surface area (Å²) >= 11 is 0. The normalized spacial score (nSPS) is 13.9. The molecular formula is C14H20F2N2O.